The molecule has 2 aromatic rings. The van der Waals surface area contributed by atoms with Gasteiger partial charge >= 0.3 is 5.97 Å². The van der Waals surface area contributed by atoms with Gasteiger partial charge in [-0.15, -0.1) is 0 Å². The van der Waals surface area contributed by atoms with Crippen LogP contribution in [0, 0.1) is 17.0 Å². The first kappa shape index (κ1) is 21.3. The van der Waals surface area contributed by atoms with Crippen LogP contribution in [0.4, 0.5) is 17.1 Å². The highest BCUT2D eigenvalue weighted by Gasteiger charge is 2.21. The molecule has 0 aromatic heterocycles. The lowest BCUT2D eigenvalue weighted by Gasteiger charge is -2.28. The Balaban J connectivity index is 1.58. The van der Waals surface area contributed by atoms with Crippen molar-refractivity contribution in [2.24, 2.45) is 0 Å². The number of ether oxygens (including phenoxy) is 2. The van der Waals surface area contributed by atoms with Crippen LogP contribution in [0.25, 0.3) is 0 Å². The summed E-state index contributed by atoms with van der Waals surface area (Å²) in [6, 6.07) is 11.4. The number of esters is 1. The Bertz CT molecular complexity index is 938. The van der Waals surface area contributed by atoms with Crippen LogP contribution in [0.2, 0.25) is 0 Å². The van der Waals surface area contributed by atoms with Gasteiger partial charge in [0.25, 0.3) is 11.6 Å². The fourth-order valence-electron chi connectivity index (χ4n) is 3.04. The molecular formula is C21H23N3O6. The Hall–Kier alpha value is -3.46. The van der Waals surface area contributed by atoms with E-state index in [4.69, 9.17) is 9.47 Å². The van der Waals surface area contributed by atoms with Gasteiger partial charge in [-0.3, -0.25) is 14.9 Å². The second-order valence-corrected chi connectivity index (χ2v) is 6.94. The summed E-state index contributed by atoms with van der Waals surface area (Å²) in [6.07, 6.45) is -1.07. The minimum atomic E-state index is -1.07. The van der Waals surface area contributed by atoms with E-state index in [-0.39, 0.29) is 11.3 Å². The largest absolute Gasteiger partial charge is 0.449 e. The number of carbonyl (C=O) groups is 2. The summed E-state index contributed by atoms with van der Waals surface area (Å²) < 4.78 is 10.5. The topological polar surface area (TPSA) is 111 Å². The van der Waals surface area contributed by atoms with Crippen molar-refractivity contribution >= 4 is 28.9 Å². The van der Waals surface area contributed by atoms with E-state index in [0.717, 1.165) is 24.8 Å². The molecule has 0 radical (unpaired) electrons. The number of nitro groups is 1. The summed E-state index contributed by atoms with van der Waals surface area (Å²) >= 11 is 0. The van der Waals surface area contributed by atoms with Crippen LogP contribution >= 0.6 is 0 Å². The molecule has 1 N–H and O–H groups in total. The Morgan fingerprint density at radius 1 is 1.17 bits per heavy atom. The summed E-state index contributed by atoms with van der Waals surface area (Å²) in [5.74, 6) is -1.30. The molecule has 30 heavy (non-hydrogen) atoms. The molecule has 158 valence electrons. The van der Waals surface area contributed by atoms with Crippen LogP contribution in [0.3, 0.4) is 0 Å². The van der Waals surface area contributed by atoms with Gasteiger partial charge in [0, 0.05) is 36.1 Å². The monoisotopic (exact) mass is 413 g/mol. The first-order valence-corrected chi connectivity index (χ1v) is 9.55. The number of carbonyl (C=O) groups excluding carboxylic acids is 2. The molecule has 3 rings (SSSR count). The van der Waals surface area contributed by atoms with E-state index in [9.17, 15) is 19.7 Å². The molecule has 1 aliphatic rings. The van der Waals surface area contributed by atoms with Crippen LogP contribution in [0.5, 0.6) is 0 Å². The highest BCUT2D eigenvalue weighted by atomic mass is 16.6. The van der Waals surface area contributed by atoms with Crippen molar-refractivity contribution in [3.8, 4) is 0 Å². The first-order valence-electron chi connectivity index (χ1n) is 9.55. The summed E-state index contributed by atoms with van der Waals surface area (Å²) in [4.78, 5) is 37.3. The van der Waals surface area contributed by atoms with E-state index in [1.165, 1.54) is 19.1 Å². The number of morpholine rings is 1. The predicted molar refractivity (Wildman–Crippen MR) is 111 cm³/mol. The zero-order valence-electron chi connectivity index (χ0n) is 16.8. The fourth-order valence-corrected chi connectivity index (χ4v) is 3.04. The Morgan fingerprint density at radius 2 is 1.83 bits per heavy atom. The van der Waals surface area contributed by atoms with Gasteiger partial charge in [-0.05, 0) is 44.2 Å². The maximum absolute atomic E-state index is 12.4. The number of benzene rings is 2. The lowest BCUT2D eigenvalue weighted by molar-refractivity contribution is -0.385. The number of amides is 1. The number of hydrogen-bond acceptors (Lipinski definition) is 7. The number of nitrogens with one attached hydrogen (secondary N) is 1. The summed E-state index contributed by atoms with van der Waals surface area (Å²) in [5.41, 5.74) is 1.88. The minimum Gasteiger partial charge on any atom is -0.449 e. The molecule has 0 saturated carbocycles. The van der Waals surface area contributed by atoms with Crippen molar-refractivity contribution in [1.82, 2.24) is 0 Å². The molecule has 1 aliphatic heterocycles. The smallest absolute Gasteiger partial charge is 0.339 e. The molecule has 1 fully saturated rings. The number of hydrogen-bond donors (Lipinski definition) is 1. The van der Waals surface area contributed by atoms with Crippen molar-refractivity contribution in [2.75, 3.05) is 36.5 Å². The molecule has 1 saturated heterocycles. The maximum Gasteiger partial charge on any atom is 0.339 e. The number of nitro benzene ring substituents is 1. The number of nitrogens with zero attached hydrogens (tertiary/aromatic N) is 2. The quantitative estimate of drug-likeness (QED) is 0.440. The molecule has 0 aliphatic carbocycles. The molecule has 2 aromatic carbocycles. The third-order valence-electron chi connectivity index (χ3n) is 4.81. The van der Waals surface area contributed by atoms with Gasteiger partial charge in [0.05, 0.1) is 23.7 Å². The third kappa shape index (κ3) is 5.12. The number of anilines is 2. The van der Waals surface area contributed by atoms with E-state index >= 15 is 0 Å². The zero-order valence-corrected chi connectivity index (χ0v) is 16.8. The number of rotatable bonds is 6. The zero-order chi connectivity index (χ0) is 21.7. The normalized spacial score (nSPS) is 14.7. The maximum atomic E-state index is 12.4. The average Bonchev–Trinajstić information content (AvgIpc) is 2.74. The van der Waals surface area contributed by atoms with E-state index in [0.29, 0.717) is 24.5 Å². The Kier molecular flexibility index (Phi) is 6.63. The van der Waals surface area contributed by atoms with Crippen molar-refractivity contribution < 1.29 is 24.0 Å². The highest BCUT2D eigenvalue weighted by molar-refractivity contribution is 5.97. The van der Waals surface area contributed by atoms with Crippen LogP contribution in [0.15, 0.2) is 42.5 Å². The molecule has 9 heteroatoms. The minimum absolute atomic E-state index is 0.0156. The SMILES string of the molecule is Cc1ccc(C(=O)OC(C)C(=O)Nc2ccc(N3CCOCC3)cc2)cc1[N+](=O)[O-]. The predicted octanol–water partition coefficient (Wildman–Crippen LogP) is 2.92. The van der Waals surface area contributed by atoms with E-state index < -0.39 is 22.9 Å². The molecular weight excluding hydrogens is 390 g/mol. The standard InChI is InChI=1S/C21H23N3O6/c1-14-3-4-16(13-19(14)24(27)28)21(26)30-15(2)20(25)22-17-5-7-18(8-6-17)23-9-11-29-12-10-23/h3-8,13,15H,9-12H2,1-2H3,(H,22,25). The highest BCUT2D eigenvalue weighted by Crippen LogP contribution is 2.21. The van der Waals surface area contributed by atoms with E-state index in [1.54, 1.807) is 19.1 Å². The van der Waals surface area contributed by atoms with Crippen LogP contribution < -0.4 is 10.2 Å². The van der Waals surface area contributed by atoms with E-state index in [1.807, 2.05) is 12.1 Å². The van der Waals surface area contributed by atoms with Gasteiger partial charge in [0.1, 0.15) is 0 Å². The Morgan fingerprint density at radius 3 is 2.47 bits per heavy atom. The number of aryl methyl sites for hydroxylation is 1. The second-order valence-electron chi connectivity index (χ2n) is 6.94. The first-order chi connectivity index (χ1) is 14.3. The van der Waals surface area contributed by atoms with Gasteiger partial charge in [-0.25, -0.2) is 4.79 Å². The van der Waals surface area contributed by atoms with Gasteiger partial charge in [-0.1, -0.05) is 6.07 Å². The molecule has 0 spiro atoms. The van der Waals surface area contributed by atoms with Crippen molar-refractivity contribution in [2.45, 2.75) is 20.0 Å². The lowest BCUT2D eigenvalue weighted by Crippen LogP contribution is -2.36. The lowest BCUT2D eigenvalue weighted by atomic mass is 10.1. The molecule has 9 nitrogen and oxygen atoms in total. The third-order valence-corrected chi connectivity index (χ3v) is 4.81. The van der Waals surface area contributed by atoms with Crippen LogP contribution in [-0.2, 0) is 14.3 Å². The fraction of sp³-hybridized carbons (Fsp3) is 0.333. The van der Waals surface area contributed by atoms with Crippen molar-refractivity contribution in [3.63, 3.8) is 0 Å². The molecule has 1 amide bonds. The summed E-state index contributed by atoms with van der Waals surface area (Å²) in [5, 5.41) is 13.7. The molecule has 1 heterocycles. The van der Waals surface area contributed by atoms with Crippen molar-refractivity contribution in [3.05, 3.63) is 63.7 Å². The van der Waals surface area contributed by atoms with Crippen LogP contribution in [0.1, 0.15) is 22.8 Å². The molecule has 1 atom stereocenters. The summed E-state index contributed by atoms with van der Waals surface area (Å²) in [6.45, 7) is 6.02. The Labute approximate surface area is 173 Å². The summed E-state index contributed by atoms with van der Waals surface area (Å²) in [7, 11) is 0. The van der Waals surface area contributed by atoms with E-state index in [2.05, 4.69) is 10.2 Å². The van der Waals surface area contributed by atoms with Gasteiger partial charge in [-0.2, -0.15) is 0 Å². The second kappa shape index (κ2) is 9.36. The molecule has 0 bridgehead atoms. The van der Waals surface area contributed by atoms with Gasteiger partial charge in [0.2, 0.25) is 0 Å². The van der Waals surface area contributed by atoms with Gasteiger partial charge < -0.3 is 19.7 Å². The van der Waals surface area contributed by atoms with Gasteiger partial charge in [0.15, 0.2) is 6.10 Å². The average molecular weight is 413 g/mol. The van der Waals surface area contributed by atoms with Crippen LogP contribution in [-0.4, -0.2) is 49.2 Å². The van der Waals surface area contributed by atoms with Crippen molar-refractivity contribution in [1.29, 1.82) is 0 Å². The molecule has 1 unspecified atom stereocenters.